The van der Waals surface area contributed by atoms with E-state index in [4.69, 9.17) is 21.8 Å². The molecule has 0 amide bonds. The summed E-state index contributed by atoms with van der Waals surface area (Å²) in [6.07, 6.45) is 2.47. The summed E-state index contributed by atoms with van der Waals surface area (Å²) in [5, 5.41) is 3.84. The summed E-state index contributed by atoms with van der Waals surface area (Å²) in [4.78, 5) is 0. The second-order valence-corrected chi connectivity index (χ2v) is 3.87. The van der Waals surface area contributed by atoms with E-state index in [0.717, 1.165) is 24.4 Å². The van der Waals surface area contributed by atoms with Crippen molar-refractivity contribution in [2.75, 3.05) is 17.6 Å². The lowest BCUT2D eigenvalue weighted by atomic mass is 10.2. The molecule has 3 N–H and O–H groups in total. The highest BCUT2D eigenvalue weighted by molar-refractivity contribution is 6.33. The summed E-state index contributed by atoms with van der Waals surface area (Å²) < 4.78 is 5.23. The van der Waals surface area contributed by atoms with Gasteiger partial charge in [0.25, 0.3) is 0 Å². The van der Waals surface area contributed by atoms with Crippen molar-refractivity contribution in [1.82, 2.24) is 0 Å². The molecule has 0 spiro atoms. The summed E-state index contributed by atoms with van der Waals surface area (Å²) in [6, 6.07) is 9.28. The molecular formula is C12H13ClN2O. The van der Waals surface area contributed by atoms with Gasteiger partial charge in [-0.15, -0.1) is 0 Å². The molecule has 0 atom stereocenters. The number of nitrogen functional groups attached to an aromatic ring is 1. The van der Waals surface area contributed by atoms with E-state index in [0.29, 0.717) is 10.7 Å². The highest BCUT2D eigenvalue weighted by Crippen LogP contribution is 2.27. The monoisotopic (exact) mass is 236 g/mol. The van der Waals surface area contributed by atoms with Crippen molar-refractivity contribution in [2.24, 2.45) is 0 Å². The van der Waals surface area contributed by atoms with Gasteiger partial charge in [-0.25, -0.2) is 0 Å². The van der Waals surface area contributed by atoms with E-state index in [9.17, 15) is 0 Å². The van der Waals surface area contributed by atoms with Gasteiger partial charge in [0.15, 0.2) is 0 Å². The van der Waals surface area contributed by atoms with Crippen LogP contribution in [-0.4, -0.2) is 6.54 Å². The van der Waals surface area contributed by atoms with E-state index in [1.54, 1.807) is 6.26 Å². The number of hydrogen-bond acceptors (Lipinski definition) is 3. The largest absolute Gasteiger partial charge is 0.469 e. The second kappa shape index (κ2) is 4.94. The Morgan fingerprint density at radius 2 is 2.12 bits per heavy atom. The second-order valence-electron chi connectivity index (χ2n) is 3.46. The standard InChI is InChI=1S/C12H13ClN2O/c13-10-4-1-5-11(14)12(10)15-7-6-9-3-2-8-16-9/h1-5,8,15H,6-7,14H2. The van der Waals surface area contributed by atoms with Crippen molar-refractivity contribution >= 4 is 23.0 Å². The third-order valence-electron chi connectivity index (χ3n) is 2.30. The van der Waals surface area contributed by atoms with Gasteiger partial charge in [-0.05, 0) is 24.3 Å². The van der Waals surface area contributed by atoms with Crippen LogP contribution in [0.5, 0.6) is 0 Å². The molecule has 0 saturated carbocycles. The first-order valence-corrected chi connectivity index (χ1v) is 5.45. The number of nitrogens with two attached hydrogens (primary N) is 1. The molecule has 0 saturated heterocycles. The zero-order valence-corrected chi connectivity index (χ0v) is 9.50. The fraction of sp³-hybridized carbons (Fsp3) is 0.167. The van der Waals surface area contributed by atoms with Crippen LogP contribution < -0.4 is 11.1 Å². The first-order chi connectivity index (χ1) is 7.77. The number of hydrogen-bond donors (Lipinski definition) is 2. The molecular weight excluding hydrogens is 224 g/mol. The van der Waals surface area contributed by atoms with E-state index >= 15 is 0 Å². The molecule has 0 aliphatic heterocycles. The highest BCUT2D eigenvalue weighted by atomic mass is 35.5. The summed E-state index contributed by atoms with van der Waals surface area (Å²) >= 11 is 6.02. The molecule has 2 rings (SSSR count). The number of rotatable bonds is 4. The maximum atomic E-state index is 6.02. The number of halogens is 1. The van der Waals surface area contributed by atoms with Gasteiger partial charge < -0.3 is 15.5 Å². The maximum absolute atomic E-state index is 6.02. The lowest BCUT2D eigenvalue weighted by Crippen LogP contribution is -2.06. The quantitative estimate of drug-likeness (QED) is 0.802. The minimum Gasteiger partial charge on any atom is -0.469 e. The molecule has 0 bridgehead atoms. The van der Waals surface area contributed by atoms with Crippen LogP contribution in [0.15, 0.2) is 41.0 Å². The summed E-state index contributed by atoms with van der Waals surface area (Å²) in [5.41, 5.74) is 7.26. The molecule has 2 aromatic rings. The van der Waals surface area contributed by atoms with Crippen molar-refractivity contribution in [1.29, 1.82) is 0 Å². The molecule has 16 heavy (non-hydrogen) atoms. The Bertz CT molecular complexity index is 434. The molecule has 0 aliphatic rings. The molecule has 0 radical (unpaired) electrons. The van der Waals surface area contributed by atoms with E-state index in [2.05, 4.69) is 5.32 Å². The van der Waals surface area contributed by atoms with Gasteiger partial charge in [0.2, 0.25) is 0 Å². The molecule has 1 heterocycles. The van der Waals surface area contributed by atoms with E-state index in [1.807, 2.05) is 30.3 Å². The van der Waals surface area contributed by atoms with Crippen LogP contribution in [0, 0.1) is 0 Å². The Kier molecular flexibility index (Phi) is 3.37. The fourth-order valence-electron chi connectivity index (χ4n) is 1.49. The smallest absolute Gasteiger partial charge is 0.105 e. The zero-order chi connectivity index (χ0) is 11.4. The van der Waals surface area contributed by atoms with E-state index < -0.39 is 0 Å². The van der Waals surface area contributed by atoms with Gasteiger partial charge in [0.1, 0.15) is 5.76 Å². The number of nitrogens with one attached hydrogen (secondary N) is 1. The molecule has 1 aromatic heterocycles. The lowest BCUT2D eigenvalue weighted by molar-refractivity contribution is 0.513. The van der Waals surface area contributed by atoms with Crippen LogP contribution in [0.4, 0.5) is 11.4 Å². The molecule has 1 aromatic carbocycles. The number of benzene rings is 1. The predicted octanol–water partition coefficient (Wildman–Crippen LogP) is 3.17. The molecule has 0 fully saturated rings. The summed E-state index contributed by atoms with van der Waals surface area (Å²) in [6.45, 7) is 0.738. The summed E-state index contributed by atoms with van der Waals surface area (Å²) in [7, 11) is 0. The van der Waals surface area contributed by atoms with Gasteiger partial charge in [-0.1, -0.05) is 17.7 Å². The van der Waals surface area contributed by atoms with Crippen LogP contribution in [-0.2, 0) is 6.42 Å². The van der Waals surface area contributed by atoms with Crippen LogP contribution >= 0.6 is 11.6 Å². The predicted molar refractivity (Wildman–Crippen MR) is 66.8 cm³/mol. The minimum atomic E-state index is 0.638. The van der Waals surface area contributed by atoms with E-state index in [1.165, 1.54) is 0 Å². The van der Waals surface area contributed by atoms with Crippen LogP contribution in [0.2, 0.25) is 5.02 Å². The maximum Gasteiger partial charge on any atom is 0.105 e. The van der Waals surface area contributed by atoms with Gasteiger partial charge in [-0.2, -0.15) is 0 Å². The Balaban J connectivity index is 1.95. The zero-order valence-electron chi connectivity index (χ0n) is 8.74. The first-order valence-electron chi connectivity index (χ1n) is 5.07. The molecule has 0 unspecified atom stereocenters. The van der Waals surface area contributed by atoms with Crippen molar-refractivity contribution < 1.29 is 4.42 Å². The Morgan fingerprint density at radius 1 is 1.25 bits per heavy atom. The third-order valence-corrected chi connectivity index (χ3v) is 2.61. The van der Waals surface area contributed by atoms with Crippen LogP contribution in [0.1, 0.15) is 5.76 Å². The number of para-hydroxylation sites is 1. The molecule has 3 nitrogen and oxygen atoms in total. The van der Waals surface area contributed by atoms with Crippen LogP contribution in [0.25, 0.3) is 0 Å². The fourth-order valence-corrected chi connectivity index (χ4v) is 1.74. The third kappa shape index (κ3) is 2.49. The number of furan rings is 1. The first kappa shape index (κ1) is 10.9. The topological polar surface area (TPSA) is 51.2 Å². The Labute approximate surface area is 99.2 Å². The Morgan fingerprint density at radius 3 is 2.81 bits per heavy atom. The molecule has 4 heteroatoms. The highest BCUT2D eigenvalue weighted by Gasteiger charge is 2.03. The minimum absolute atomic E-state index is 0.638. The summed E-state index contributed by atoms with van der Waals surface area (Å²) in [5.74, 6) is 0.943. The molecule has 84 valence electrons. The van der Waals surface area contributed by atoms with E-state index in [-0.39, 0.29) is 0 Å². The average Bonchev–Trinajstić information content (AvgIpc) is 2.75. The van der Waals surface area contributed by atoms with Crippen molar-refractivity contribution in [3.8, 4) is 0 Å². The average molecular weight is 237 g/mol. The van der Waals surface area contributed by atoms with Crippen molar-refractivity contribution in [3.05, 3.63) is 47.4 Å². The lowest BCUT2D eigenvalue weighted by Gasteiger charge is -2.10. The van der Waals surface area contributed by atoms with Gasteiger partial charge >= 0.3 is 0 Å². The van der Waals surface area contributed by atoms with Crippen molar-refractivity contribution in [2.45, 2.75) is 6.42 Å². The van der Waals surface area contributed by atoms with Gasteiger partial charge in [0.05, 0.1) is 22.7 Å². The Hall–Kier alpha value is -1.61. The number of anilines is 2. The molecule has 0 aliphatic carbocycles. The normalized spacial score (nSPS) is 10.3. The van der Waals surface area contributed by atoms with Gasteiger partial charge in [-0.3, -0.25) is 0 Å². The SMILES string of the molecule is Nc1cccc(Cl)c1NCCc1ccco1. The van der Waals surface area contributed by atoms with Gasteiger partial charge in [0, 0.05) is 13.0 Å². The van der Waals surface area contributed by atoms with Crippen molar-refractivity contribution in [3.63, 3.8) is 0 Å². The van der Waals surface area contributed by atoms with Crippen LogP contribution in [0.3, 0.4) is 0 Å².